The Morgan fingerprint density at radius 3 is 2.30 bits per heavy atom. The predicted octanol–water partition coefficient (Wildman–Crippen LogP) is 3.74. The van der Waals surface area contributed by atoms with E-state index in [-0.39, 0.29) is 35.1 Å². The molecule has 6 heteroatoms. The Hall–Kier alpha value is -2.76. The lowest BCUT2D eigenvalue weighted by atomic mass is 9.94. The summed E-state index contributed by atoms with van der Waals surface area (Å²) in [4.78, 5) is 30.7. The number of methoxy groups -OCH3 is 1. The van der Waals surface area contributed by atoms with Gasteiger partial charge in [0, 0.05) is 12.6 Å². The van der Waals surface area contributed by atoms with Crippen LogP contribution in [0, 0.1) is 11.7 Å². The maximum Gasteiger partial charge on any atom is 0.356 e. The van der Waals surface area contributed by atoms with Gasteiger partial charge in [0.05, 0.1) is 7.11 Å². The van der Waals surface area contributed by atoms with Crippen molar-refractivity contribution < 1.29 is 18.7 Å². The van der Waals surface area contributed by atoms with Gasteiger partial charge in [-0.3, -0.25) is 4.79 Å². The van der Waals surface area contributed by atoms with Crippen molar-refractivity contribution >= 4 is 11.9 Å². The normalized spacial score (nSPS) is 11.9. The van der Waals surface area contributed by atoms with Crippen molar-refractivity contribution in [2.45, 2.75) is 33.2 Å². The monoisotopic (exact) mass is 372 g/mol. The largest absolute Gasteiger partial charge is 0.464 e. The molecule has 1 amide bonds. The van der Waals surface area contributed by atoms with Crippen molar-refractivity contribution in [3.8, 4) is 0 Å². The SMILES string of the molecule is CCN(C(=O)c1cccc(C(=O)OC)n1)C(Cc1ccc(F)cc1)C(C)C. The third-order valence-corrected chi connectivity index (χ3v) is 4.49. The molecule has 0 saturated carbocycles. The zero-order chi connectivity index (χ0) is 20.0. The van der Waals surface area contributed by atoms with Crippen LogP contribution in [-0.2, 0) is 11.2 Å². The van der Waals surface area contributed by atoms with Gasteiger partial charge in [-0.05, 0) is 49.1 Å². The van der Waals surface area contributed by atoms with Gasteiger partial charge in [0.25, 0.3) is 5.91 Å². The Labute approximate surface area is 159 Å². The highest BCUT2D eigenvalue weighted by Crippen LogP contribution is 2.19. The smallest absolute Gasteiger partial charge is 0.356 e. The zero-order valence-electron chi connectivity index (χ0n) is 16.1. The fraction of sp³-hybridized carbons (Fsp3) is 0.381. The van der Waals surface area contributed by atoms with E-state index in [1.54, 1.807) is 29.2 Å². The summed E-state index contributed by atoms with van der Waals surface area (Å²) in [5.74, 6) is -0.932. The van der Waals surface area contributed by atoms with Crippen molar-refractivity contribution in [2.24, 2.45) is 5.92 Å². The first-order valence-electron chi connectivity index (χ1n) is 8.98. The van der Waals surface area contributed by atoms with Crippen LogP contribution >= 0.6 is 0 Å². The topological polar surface area (TPSA) is 59.5 Å². The number of aromatic nitrogens is 1. The average Bonchev–Trinajstić information content (AvgIpc) is 2.68. The van der Waals surface area contributed by atoms with Gasteiger partial charge in [-0.25, -0.2) is 14.2 Å². The van der Waals surface area contributed by atoms with E-state index in [1.165, 1.54) is 25.3 Å². The van der Waals surface area contributed by atoms with Crippen LogP contribution < -0.4 is 0 Å². The van der Waals surface area contributed by atoms with E-state index < -0.39 is 5.97 Å². The lowest BCUT2D eigenvalue weighted by Crippen LogP contribution is -2.45. The molecule has 5 nitrogen and oxygen atoms in total. The molecule has 27 heavy (non-hydrogen) atoms. The molecule has 0 aliphatic heterocycles. The van der Waals surface area contributed by atoms with Crippen molar-refractivity contribution in [1.82, 2.24) is 9.88 Å². The van der Waals surface area contributed by atoms with Crippen LogP contribution in [-0.4, -0.2) is 41.5 Å². The molecular weight excluding hydrogens is 347 g/mol. The molecule has 0 fully saturated rings. The maximum atomic E-state index is 13.2. The predicted molar refractivity (Wildman–Crippen MR) is 101 cm³/mol. The summed E-state index contributed by atoms with van der Waals surface area (Å²) in [7, 11) is 1.27. The second-order valence-electron chi connectivity index (χ2n) is 6.63. The van der Waals surface area contributed by atoms with Crippen molar-refractivity contribution in [3.63, 3.8) is 0 Å². The highest BCUT2D eigenvalue weighted by Gasteiger charge is 2.27. The number of benzene rings is 1. The van der Waals surface area contributed by atoms with Gasteiger partial charge < -0.3 is 9.64 Å². The van der Waals surface area contributed by atoms with Crippen molar-refractivity contribution in [2.75, 3.05) is 13.7 Å². The fourth-order valence-electron chi connectivity index (χ4n) is 3.02. The van der Waals surface area contributed by atoms with Gasteiger partial charge in [0.2, 0.25) is 0 Å². The molecule has 0 aliphatic carbocycles. The van der Waals surface area contributed by atoms with Gasteiger partial charge in [-0.1, -0.05) is 32.0 Å². The molecular formula is C21H25FN2O3. The fourth-order valence-corrected chi connectivity index (χ4v) is 3.02. The Morgan fingerprint density at radius 1 is 1.11 bits per heavy atom. The Balaban J connectivity index is 2.29. The van der Waals surface area contributed by atoms with E-state index in [0.717, 1.165) is 5.56 Å². The minimum absolute atomic E-state index is 0.0865. The van der Waals surface area contributed by atoms with Crippen LogP contribution in [0.4, 0.5) is 4.39 Å². The van der Waals surface area contributed by atoms with Gasteiger partial charge in [0.15, 0.2) is 0 Å². The minimum Gasteiger partial charge on any atom is -0.464 e. The Morgan fingerprint density at radius 2 is 1.74 bits per heavy atom. The molecule has 1 aromatic heterocycles. The summed E-state index contributed by atoms with van der Waals surface area (Å²) in [5, 5.41) is 0. The van der Waals surface area contributed by atoms with E-state index >= 15 is 0 Å². The number of amides is 1. The zero-order valence-corrected chi connectivity index (χ0v) is 16.1. The highest BCUT2D eigenvalue weighted by atomic mass is 19.1. The molecule has 0 radical (unpaired) electrons. The van der Waals surface area contributed by atoms with Gasteiger partial charge in [0.1, 0.15) is 17.2 Å². The van der Waals surface area contributed by atoms with Crippen LogP contribution in [0.1, 0.15) is 47.3 Å². The van der Waals surface area contributed by atoms with Crippen LogP contribution in [0.5, 0.6) is 0 Å². The number of likely N-dealkylation sites (N-methyl/N-ethyl adjacent to an activating group) is 1. The third kappa shape index (κ3) is 5.12. The van der Waals surface area contributed by atoms with Gasteiger partial charge >= 0.3 is 5.97 Å². The molecule has 0 N–H and O–H groups in total. The molecule has 2 aromatic rings. The molecule has 1 heterocycles. The van der Waals surface area contributed by atoms with Crippen LogP contribution in [0.25, 0.3) is 0 Å². The molecule has 1 unspecified atom stereocenters. The average molecular weight is 372 g/mol. The minimum atomic E-state index is -0.584. The second-order valence-corrected chi connectivity index (χ2v) is 6.63. The summed E-state index contributed by atoms with van der Waals surface area (Å²) >= 11 is 0. The number of esters is 1. The Kier molecular flexibility index (Phi) is 7.05. The summed E-state index contributed by atoms with van der Waals surface area (Å²) < 4.78 is 17.9. The van der Waals surface area contributed by atoms with Gasteiger partial charge in [-0.2, -0.15) is 0 Å². The maximum absolute atomic E-state index is 13.2. The molecule has 0 spiro atoms. The van der Waals surface area contributed by atoms with E-state index in [9.17, 15) is 14.0 Å². The molecule has 1 atom stereocenters. The van der Waals surface area contributed by atoms with Crippen molar-refractivity contribution in [1.29, 1.82) is 0 Å². The summed E-state index contributed by atoms with van der Waals surface area (Å²) in [6.07, 6.45) is 0.605. The number of ether oxygens (including phenoxy) is 1. The lowest BCUT2D eigenvalue weighted by molar-refractivity contribution is 0.0592. The first kappa shape index (κ1) is 20.6. The van der Waals surface area contributed by atoms with Crippen LogP contribution in [0.3, 0.4) is 0 Å². The first-order valence-corrected chi connectivity index (χ1v) is 8.98. The van der Waals surface area contributed by atoms with Crippen LogP contribution in [0.15, 0.2) is 42.5 Å². The summed E-state index contributed by atoms with van der Waals surface area (Å²) in [6.45, 7) is 6.49. The quantitative estimate of drug-likeness (QED) is 0.695. The highest BCUT2D eigenvalue weighted by molar-refractivity contribution is 5.94. The number of rotatable bonds is 7. The number of nitrogens with zero attached hydrogens (tertiary/aromatic N) is 2. The Bertz CT molecular complexity index is 790. The number of carbonyl (C=O) groups is 2. The van der Waals surface area contributed by atoms with E-state index in [1.807, 2.05) is 20.8 Å². The number of hydrogen-bond donors (Lipinski definition) is 0. The van der Waals surface area contributed by atoms with Gasteiger partial charge in [-0.15, -0.1) is 0 Å². The second kappa shape index (κ2) is 9.26. The van der Waals surface area contributed by atoms with Crippen LogP contribution in [0.2, 0.25) is 0 Å². The van der Waals surface area contributed by atoms with Crippen molar-refractivity contribution in [3.05, 3.63) is 65.2 Å². The molecule has 0 saturated heterocycles. The molecule has 1 aromatic carbocycles. The van der Waals surface area contributed by atoms with E-state index in [4.69, 9.17) is 0 Å². The van der Waals surface area contributed by atoms with E-state index in [0.29, 0.717) is 13.0 Å². The number of halogens is 1. The molecule has 2 rings (SSSR count). The number of pyridine rings is 1. The summed E-state index contributed by atoms with van der Waals surface area (Å²) in [6, 6.07) is 10.9. The number of hydrogen-bond acceptors (Lipinski definition) is 4. The standard InChI is InChI=1S/C21H25FN2O3/c1-5-24(19(14(2)3)13-15-9-11-16(22)12-10-15)20(25)17-7-6-8-18(23-17)21(26)27-4/h6-12,14,19H,5,13H2,1-4H3. The lowest BCUT2D eigenvalue weighted by Gasteiger charge is -2.34. The molecule has 144 valence electrons. The first-order chi connectivity index (χ1) is 12.9. The third-order valence-electron chi connectivity index (χ3n) is 4.49. The molecule has 0 aliphatic rings. The molecule has 0 bridgehead atoms. The summed E-state index contributed by atoms with van der Waals surface area (Å²) in [5.41, 5.74) is 1.25. The van der Waals surface area contributed by atoms with E-state index in [2.05, 4.69) is 9.72 Å². The number of carbonyl (C=O) groups excluding carboxylic acids is 2.